The van der Waals surface area contributed by atoms with Crippen molar-refractivity contribution in [2.45, 2.75) is 13.3 Å². The van der Waals surface area contributed by atoms with Crippen molar-refractivity contribution in [1.82, 2.24) is 0 Å². The minimum absolute atomic E-state index is 0.204. The highest BCUT2D eigenvalue weighted by molar-refractivity contribution is 7.18. The fraction of sp³-hybridized carbons (Fsp3) is 0.235. The first kappa shape index (κ1) is 17.7. The van der Waals surface area contributed by atoms with Gasteiger partial charge < -0.3 is 14.8 Å². The molecule has 0 atom stereocenters. The van der Waals surface area contributed by atoms with E-state index >= 15 is 0 Å². The van der Waals surface area contributed by atoms with Crippen LogP contribution in [0.4, 0.5) is 5.69 Å². The molecule has 1 amide bonds. The van der Waals surface area contributed by atoms with Crippen molar-refractivity contribution in [3.63, 3.8) is 0 Å². The summed E-state index contributed by atoms with van der Waals surface area (Å²) in [6.07, 6.45) is -0.412. The number of rotatable bonds is 6. The molecule has 0 aliphatic carbocycles. The van der Waals surface area contributed by atoms with Gasteiger partial charge in [0.05, 0.1) is 19.4 Å². The summed E-state index contributed by atoms with van der Waals surface area (Å²) in [5.41, 5.74) is 1.23. The molecule has 7 heteroatoms. The number of hydrogen-bond donors (Lipinski definition) is 1. The molecule has 0 saturated heterocycles. The fourth-order valence-electron chi connectivity index (χ4n) is 2.01. The number of amides is 1. The molecule has 0 radical (unpaired) electrons. The highest BCUT2D eigenvalue weighted by Crippen LogP contribution is 2.35. The van der Waals surface area contributed by atoms with Crippen LogP contribution in [0.1, 0.15) is 23.0 Å². The van der Waals surface area contributed by atoms with Gasteiger partial charge in [0.25, 0.3) is 0 Å². The number of carbonyl (C=O) groups excluding carboxylic acids is 3. The average molecular weight is 347 g/mol. The Morgan fingerprint density at radius 2 is 1.88 bits per heavy atom. The van der Waals surface area contributed by atoms with Crippen molar-refractivity contribution < 1.29 is 23.9 Å². The fourth-order valence-corrected chi connectivity index (χ4v) is 3.05. The lowest BCUT2D eigenvalue weighted by Gasteiger charge is -2.05. The molecule has 1 heterocycles. The van der Waals surface area contributed by atoms with Crippen LogP contribution in [-0.2, 0) is 19.1 Å². The second-order valence-corrected chi connectivity index (χ2v) is 5.79. The van der Waals surface area contributed by atoms with Gasteiger partial charge >= 0.3 is 11.9 Å². The van der Waals surface area contributed by atoms with E-state index in [1.165, 1.54) is 18.4 Å². The predicted octanol–water partition coefficient (Wildman–Crippen LogP) is 3.09. The van der Waals surface area contributed by atoms with Gasteiger partial charge in [-0.15, -0.1) is 11.3 Å². The van der Waals surface area contributed by atoms with Crippen molar-refractivity contribution in [2.24, 2.45) is 0 Å². The van der Waals surface area contributed by atoms with Crippen LogP contribution in [0.15, 0.2) is 36.4 Å². The first-order chi connectivity index (χ1) is 11.5. The normalized spacial score (nSPS) is 10.1. The standard InChI is InChI=1S/C17H17NO5S/c1-3-23-15(20)10-14(19)18-12-9-13(11-7-5-4-6-8-11)24-16(12)17(21)22-2/h4-9H,3,10H2,1-2H3,(H,18,19). The number of methoxy groups -OCH3 is 1. The number of anilines is 1. The number of benzene rings is 1. The molecule has 1 aromatic carbocycles. The van der Waals surface area contributed by atoms with Crippen LogP contribution in [0.3, 0.4) is 0 Å². The lowest BCUT2D eigenvalue weighted by molar-refractivity contribution is -0.145. The third-order valence-corrected chi connectivity index (χ3v) is 4.21. The maximum absolute atomic E-state index is 11.9. The summed E-state index contributed by atoms with van der Waals surface area (Å²) in [6, 6.07) is 11.1. The molecule has 0 spiro atoms. The highest BCUT2D eigenvalue weighted by atomic mass is 32.1. The van der Waals surface area contributed by atoms with Crippen LogP contribution in [0.2, 0.25) is 0 Å². The summed E-state index contributed by atoms with van der Waals surface area (Å²) in [5.74, 6) is -1.71. The number of esters is 2. The van der Waals surface area contributed by atoms with E-state index in [4.69, 9.17) is 9.47 Å². The molecule has 0 unspecified atom stereocenters. The molecule has 0 bridgehead atoms. The lowest BCUT2D eigenvalue weighted by Crippen LogP contribution is -2.19. The number of ether oxygens (including phenoxy) is 2. The first-order valence-electron chi connectivity index (χ1n) is 7.28. The van der Waals surface area contributed by atoms with Gasteiger partial charge in [-0.25, -0.2) is 4.79 Å². The molecule has 126 valence electrons. The van der Waals surface area contributed by atoms with Crippen LogP contribution < -0.4 is 5.32 Å². The zero-order chi connectivity index (χ0) is 17.5. The molecule has 1 aromatic heterocycles. The molecule has 0 aliphatic rings. The Morgan fingerprint density at radius 3 is 2.50 bits per heavy atom. The highest BCUT2D eigenvalue weighted by Gasteiger charge is 2.20. The Kier molecular flexibility index (Phi) is 6.08. The quantitative estimate of drug-likeness (QED) is 0.641. The molecular weight excluding hydrogens is 330 g/mol. The minimum Gasteiger partial charge on any atom is -0.466 e. The van der Waals surface area contributed by atoms with Crippen molar-refractivity contribution in [1.29, 1.82) is 0 Å². The van der Waals surface area contributed by atoms with E-state index < -0.39 is 24.3 Å². The van der Waals surface area contributed by atoms with Gasteiger partial charge in [-0.2, -0.15) is 0 Å². The van der Waals surface area contributed by atoms with Crippen LogP contribution in [0.5, 0.6) is 0 Å². The molecule has 1 N–H and O–H groups in total. The molecular formula is C17H17NO5S. The predicted molar refractivity (Wildman–Crippen MR) is 91.0 cm³/mol. The molecule has 2 aromatic rings. The van der Waals surface area contributed by atoms with Crippen LogP contribution >= 0.6 is 11.3 Å². The molecule has 24 heavy (non-hydrogen) atoms. The summed E-state index contributed by atoms with van der Waals surface area (Å²) in [7, 11) is 1.27. The topological polar surface area (TPSA) is 81.7 Å². The first-order valence-corrected chi connectivity index (χ1v) is 8.09. The summed E-state index contributed by atoms with van der Waals surface area (Å²) >= 11 is 1.21. The number of thiophene rings is 1. The number of nitrogens with one attached hydrogen (secondary N) is 1. The summed E-state index contributed by atoms with van der Waals surface area (Å²) < 4.78 is 9.49. The van der Waals surface area contributed by atoms with Gasteiger partial charge in [0.15, 0.2) is 0 Å². The molecule has 0 fully saturated rings. The number of carbonyl (C=O) groups is 3. The van der Waals surface area contributed by atoms with E-state index in [9.17, 15) is 14.4 Å². The molecule has 0 saturated carbocycles. The van der Waals surface area contributed by atoms with Crippen molar-refractivity contribution >= 4 is 34.9 Å². The van der Waals surface area contributed by atoms with Gasteiger partial charge in [0, 0.05) is 4.88 Å². The van der Waals surface area contributed by atoms with Crippen LogP contribution in [0, 0.1) is 0 Å². The Bertz CT molecular complexity index is 739. The Balaban J connectivity index is 2.24. The monoisotopic (exact) mass is 347 g/mol. The average Bonchev–Trinajstić information content (AvgIpc) is 2.98. The zero-order valence-corrected chi connectivity index (χ0v) is 14.1. The van der Waals surface area contributed by atoms with E-state index in [-0.39, 0.29) is 11.5 Å². The Labute approximate surface area is 143 Å². The van der Waals surface area contributed by atoms with Crippen molar-refractivity contribution in [3.05, 3.63) is 41.3 Å². The van der Waals surface area contributed by atoms with E-state index in [1.54, 1.807) is 13.0 Å². The summed E-state index contributed by atoms with van der Waals surface area (Å²) in [4.78, 5) is 36.3. The third-order valence-electron chi connectivity index (χ3n) is 3.05. The molecule has 6 nitrogen and oxygen atoms in total. The minimum atomic E-state index is -0.617. The van der Waals surface area contributed by atoms with Crippen LogP contribution in [0.25, 0.3) is 10.4 Å². The Morgan fingerprint density at radius 1 is 1.17 bits per heavy atom. The zero-order valence-electron chi connectivity index (χ0n) is 13.3. The van der Waals surface area contributed by atoms with Crippen LogP contribution in [-0.4, -0.2) is 31.6 Å². The van der Waals surface area contributed by atoms with Crippen molar-refractivity contribution in [2.75, 3.05) is 19.0 Å². The van der Waals surface area contributed by atoms with Gasteiger partial charge in [0.2, 0.25) is 5.91 Å². The van der Waals surface area contributed by atoms with Gasteiger partial charge in [-0.05, 0) is 18.6 Å². The Hall–Kier alpha value is -2.67. The van der Waals surface area contributed by atoms with E-state index in [1.807, 2.05) is 30.3 Å². The summed E-state index contributed by atoms with van der Waals surface area (Å²) in [5, 5.41) is 2.58. The summed E-state index contributed by atoms with van der Waals surface area (Å²) in [6.45, 7) is 1.87. The van der Waals surface area contributed by atoms with Gasteiger partial charge in [-0.1, -0.05) is 30.3 Å². The van der Waals surface area contributed by atoms with Crippen molar-refractivity contribution in [3.8, 4) is 10.4 Å². The van der Waals surface area contributed by atoms with E-state index in [2.05, 4.69) is 5.32 Å². The third kappa shape index (κ3) is 4.42. The number of hydrogen-bond acceptors (Lipinski definition) is 6. The maximum atomic E-state index is 11.9. The largest absolute Gasteiger partial charge is 0.466 e. The van der Waals surface area contributed by atoms with Gasteiger partial charge in [0.1, 0.15) is 11.3 Å². The van der Waals surface area contributed by atoms with E-state index in [0.29, 0.717) is 5.69 Å². The smallest absolute Gasteiger partial charge is 0.350 e. The van der Waals surface area contributed by atoms with Gasteiger partial charge in [-0.3, -0.25) is 9.59 Å². The SMILES string of the molecule is CCOC(=O)CC(=O)Nc1cc(-c2ccccc2)sc1C(=O)OC. The second-order valence-electron chi connectivity index (χ2n) is 4.74. The maximum Gasteiger partial charge on any atom is 0.350 e. The molecule has 2 rings (SSSR count). The molecule has 0 aliphatic heterocycles. The second kappa shape index (κ2) is 8.26. The lowest BCUT2D eigenvalue weighted by atomic mass is 10.2. The van der Waals surface area contributed by atoms with E-state index in [0.717, 1.165) is 10.4 Å².